The van der Waals surface area contributed by atoms with Gasteiger partial charge in [0.15, 0.2) is 5.78 Å². The van der Waals surface area contributed by atoms with E-state index in [0.29, 0.717) is 6.54 Å². The van der Waals surface area contributed by atoms with E-state index >= 15 is 0 Å². The maximum atomic E-state index is 11.2. The van der Waals surface area contributed by atoms with Crippen molar-refractivity contribution in [3.05, 3.63) is 35.4 Å². The van der Waals surface area contributed by atoms with Crippen LogP contribution in [0.2, 0.25) is 0 Å². The Balaban J connectivity index is 2.33. The molecule has 17 heavy (non-hydrogen) atoms. The lowest BCUT2D eigenvalue weighted by Gasteiger charge is -2.14. The summed E-state index contributed by atoms with van der Waals surface area (Å²) in [6.07, 6.45) is 0.936. The monoisotopic (exact) mass is 230 g/mol. The summed E-state index contributed by atoms with van der Waals surface area (Å²) in [5.41, 5.74) is 2.53. The van der Waals surface area contributed by atoms with Crippen LogP contribution in [0.1, 0.15) is 17.5 Å². The average Bonchev–Trinajstić information content (AvgIpc) is 2.28. The highest BCUT2D eigenvalue weighted by atomic mass is 16.1. The Morgan fingerprint density at radius 1 is 1.35 bits per heavy atom. The van der Waals surface area contributed by atoms with Gasteiger partial charge < -0.3 is 0 Å². The zero-order chi connectivity index (χ0) is 12.7. The van der Waals surface area contributed by atoms with E-state index < -0.39 is 0 Å². The van der Waals surface area contributed by atoms with Crippen molar-refractivity contribution in [1.29, 1.82) is 5.26 Å². The van der Waals surface area contributed by atoms with Gasteiger partial charge in [-0.15, -0.1) is 0 Å². The average molecular weight is 230 g/mol. The molecule has 0 aliphatic carbocycles. The van der Waals surface area contributed by atoms with Crippen LogP contribution in [0.3, 0.4) is 0 Å². The summed E-state index contributed by atoms with van der Waals surface area (Å²) in [6, 6.07) is 10.3. The Morgan fingerprint density at radius 2 is 2.00 bits per heavy atom. The number of Topliss-reactive ketones (excluding diaryl/α,β-unsaturated/α-hetero) is 1. The van der Waals surface area contributed by atoms with E-state index in [1.165, 1.54) is 11.1 Å². The third kappa shape index (κ3) is 5.28. The molecule has 0 radical (unpaired) electrons. The molecule has 0 aliphatic rings. The van der Waals surface area contributed by atoms with Crippen LogP contribution in [0.4, 0.5) is 0 Å². The smallest absolute Gasteiger partial charge is 0.160 e. The number of nitriles is 1. The second kappa shape index (κ2) is 6.82. The molecule has 0 N–H and O–H groups in total. The Bertz CT molecular complexity index is 403. The van der Waals surface area contributed by atoms with Crippen LogP contribution >= 0.6 is 0 Å². The van der Waals surface area contributed by atoms with Crippen molar-refractivity contribution in [2.45, 2.75) is 19.8 Å². The Labute approximate surface area is 103 Å². The van der Waals surface area contributed by atoms with E-state index in [-0.39, 0.29) is 12.2 Å². The molecule has 0 heterocycles. The lowest BCUT2D eigenvalue weighted by atomic mass is 10.1. The molecule has 0 amide bonds. The van der Waals surface area contributed by atoms with E-state index in [9.17, 15) is 4.79 Å². The van der Waals surface area contributed by atoms with Crippen molar-refractivity contribution in [2.75, 3.05) is 20.1 Å². The molecular formula is C14H18N2O. The zero-order valence-electron chi connectivity index (χ0n) is 10.4. The number of hydrogen-bond acceptors (Lipinski definition) is 3. The van der Waals surface area contributed by atoms with Gasteiger partial charge in [0.1, 0.15) is 0 Å². The van der Waals surface area contributed by atoms with Crippen molar-refractivity contribution in [2.24, 2.45) is 0 Å². The molecule has 0 fully saturated rings. The normalized spacial score (nSPS) is 10.2. The molecule has 1 aromatic carbocycles. The molecule has 3 heteroatoms. The molecule has 0 aromatic heterocycles. The van der Waals surface area contributed by atoms with Gasteiger partial charge in [0, 0.05) is 6.54 Å². The molecule has 0 bridgehead atoms. The molecule has 0 aliphatic heterocycles. The molecule has 3 nitrogen and oxygen atoms in total. The van der Waals surface area contributed by atoms with Gasteiger partial charge in [0.2, 0.25) is 0 Å². The lowest BCUT2D eigenvalue weighted by Crippen LogP contribution is -2.27. The van der Waals surface area contributed by atoms with E-state index in [2.05, 4.69) is 31.2 Å². The molecule has 1 rings (SSSR count). The summed E-state index contributed by atoms with van der Waals surface area (Å²) in [5, 5.41) is 8.39. The zero-order valence-corrected chi connectivity index (χ0v) is 10.4. The summed E-state index contributed by atoms with van der Waals surface area (Å²) >= 11 is 0. The van der Waals surface area contributed by atoms with Crippen LogP contribution in [-0.4, -0.2) is 30.8 Å². The summed E-state index contributed by atoms with van der Waals surface area (Å²) in [6.45, 7) is 3.26. The van der Waals surface area contributed by atoms with Crippen LogP contribution in [0, 0.1) is 18.3 Å². The SMILES string of the molecule is Cc1ccc(CCN(C)CC(=O)CC#N)cc1. The molecule has 0 saturated carbocycles. The highest BCUT2D eigenvalue weighted by molar-refractivity contribution is 5.82. The minimum absolute atomic E-state index is 0.00880. The van der Waals surface area contributed by atoms with Gasteiger partial charge in [-0.2, -0.15) is 5.26 Å². The first kappa shape index (κ1) is 13.4. The molecular weight excluding hydrogens is 212 g/mol. The predicted octanol–water partition coefficient (Wildman–Crippen LogP) is 1.95. The van der Waals surface area contributed by atoms with Crippen molar-refractivity contribution in [1.82, 2.24) is 4.90 Å². The topological polar surface area (TPSA) is 44.1 Å². The number of aryl methyl sites for hydroxylation is 1. The number of benzene rings is 1. The van der Waals surface area contributed by atoms with Gasteiger partial charge in [-0.1, -0.05) is 29.8 Å². The van der Waals surface area contributed by atoms with Gasteiger partial charge in [-0.05, 0) is 26.0 Å². The van der Waals surface area contributed by atoms with Crippen LogP contribution in [-0.2, 0) is 11.2 Å². The molecule has 1 aromatic rings. The number of nitrogens with zero attached hydrogens (tertiary/aromatic N) is 2. The summed E-state index contributed by atoms with van der Waals surface area (Å²) in [4.78, 5) is 13.2. The summed E-state index contributed by atoms with van der Waals surface area (Å²) in [5.74, 6) is -0.0149. The van der Waals surface area contributed by atoms with Crippen LogP contribution < -0.4 is 0 Å². The maximum absolute atomic E-state index is 11.2. The van der Waals surface area contributed by atoms with Crippen molar-refractivity contribution >= 4 is 5.78 Å². The number of carbonyl (C=O) groups excluding carboxylic acids is 1. The van der Waals surface area contributed by atoms with E-state index in [0.717, 1.165) is 13.0 Å². The van der Waals surface area contributed by atoms with Crippen LogP contribution in [0.5, 0.6) is 0 Å². The number of carbonyl (C=O) groups is 1. The Hall–Kier alpha value is -1.66. The largest absolute Gasteiger partial charge is 0.299 e. The molecule has 0 unspecified atom stereocenters. The first-order chi connectivity index (χ1) is 8.11. The van der Waals surface area contributed by atoms with Crippen molar-refractivity contribution < 1.29 is 4.79 Å². The first-order valence-corrected chi connectivity index (χ1v) is 5.74. The standard InChI is InChI=1S/C14H18N2O/c1-12-3-5-13(6-4-12)8-10-16(2)11-14(17)7-9-15/h3-6H,7-8,10-11H2,1-2H3. The number of rotatable bonds is 6. The number of hydrogen-bond donors (Lipinski definition) is 0. The van der Waals surface area contributed by atoms with Crippen molar-refractivity contribution in [3.8, 4) is 6.07 Å². The number of ketones is 1. The third-order valence-corrected chi connectivity index (χ3v) is 2.63. The fraction of sp³-hybridized carbons (Fsp3) is 0.429. The second-order valence-corrected chi connectivity index (χ2v) is 4.35. The quantitative estimate of drug-likeness (QED) is 0.750. The van der Waals surface area contributed by atoms with Gasteiger partial charge in [0.25, 0.3) is 0 Å². The maximum Gasteiger partial charge on any atom is 0.160 e. The van der Waals surface area contributed by atoms with E-state index in [1.54, 1.807) is 0 Å². The lowest BCUT2D eigenvalue weighted by molar-refractivity contribution is -0.118. The summed E-state index contributed by atoms with van der Waals surface area (Å²) < 4.78 is 0. The van der Waals surface area contributed by atoms with Crippen molar-refractivity contribution in [3.63, 3.8) is 0 Å². The fourth-order valence-electron chi connectivity index (χ4n) is 1.60. The fourth-order valence-corrected chi connectivity index (χ4v) is 1.60. The second-order valence-electron chi connectivity index (χ2n) is 4.35. The van der Waals surface area contributed by atoms with Gasteiger partial charge in [-0.25, -0.2) is 0 Å². The highest BCUT2D eigenvalue weighted by Gasteiger charge is 2.05. The van der Waals surface area contributed by atoms with Gasteiger partial charge in [0.05, 0.1) is 19.0 Å². The minimum Gasteiger partial charge on any atom is -0.299 e. The minimum atomic E-state index is -0.0149. The number of likely N-dealkylation sites (N-methyl/N-ethyl adjacent to an activating group) is 1. The van der Waals surface area contributed by atoms with Crippen LogP contribution in [0.15, 0.2) is 24.3 Å². The Morgan fingerprint density at radius 3 is 2.59 bits per heavy atom. The van der Waals surface area contributed by atoms with E-state index in [4.69, 9.17) is 5.26 Å². The Kier molecular flexibility index (Phi) is 5.38. The molecule has 90 valence electrons. The van der Waals surface area contributed by atoms with Gasteiger partial charge in [-0.3, -0.25) is 9.69 Å². The molecule has 0 atom stereocenters. The molecule has 0 saturated heterocycles. The van der Waals surface area contributed by atoms with Crippen LogP contribution in [0.25, 0.3) is 0 Å². The first-order valence-electron chi connectivity index (χ1n) is 5.74. The molecule has 0 spiro atoms. The third-order valence-electron chi connectivity index (χ3n) is 2.63. The van der Waals surface area contributed by atoms with Gasteiger partial charge >= 0.3 is 0 Å². The predicted molar refractivity (Wildman–Crippen MR) is 67.6 cm³/mol. The highest BCUT2D eigenvalue weighted by Crippen LogP contribution is 2.04. The summed E-state index contributed by atoms with van der Waals surface area (Å²) in [7, 11) is 1.91. The van der Waals surface area contributed by atoms with E-state index in [1.807, 2.05) is 18.0 Å².